The van der Waals surface area contributed by atoms with Crippen LogP contribution in [0.1, 0.15) is 33.6 Å². The van der Waals surface area contributed by atoms with E-state index in [1.807, 2.05) is 31.2 Å². The fourth-order valence-corrected chi connectivity index (χ4v) is 1.83. The highest BCUT2D eigenvalue weighted by Crippen LogP contribution is 2.24. The summed E-state index contributed by atoms with van der Waals surface area (Å²) in [6.07, 6.45) is 1.33. The normalized spacial score (nSPS) is 12.0. The number of carbonyl (C=O) groups excluding carboxylic acids is 1. The summed E-state index contributed by atoms with van der Waals surface area (Å²) in [4.78, 5) is 12.0. The van der Waals surface area contributed by atoms with Crippen molar-refractivity contribution in [2.45, 2.75) is 39.7 Å². The van der Waals surface area contributed by atoms with E-state index in [2.05, 4.69) is 24.5 Å². The van der Waals surface area contributed by atoms with Gasteiger partial charge in [-0.3, -0.25) is 0 Å². The van der Waals surface area contributed by atoms with E-state index in [1.54, 1.807) is 0 Å². The maximum Gasteiger partial charge on any atom is 0.319 e. The van der Waals surface area contributed by atoms with E-state index < -0.39 is 0 Å². The molecule has 0 spiro atoms. The van der Waals surface area contributed by atoms with E-state index in [0.717, 1.165) is 6.42 Å². The Morgan fingerprint density at radius 2 is 2.05 bits per heavy atom. The molecule has 0 radical (unpaired) electrons. The molecule has 0 bridgehead atoms. The molecule has 0 aromatic heterocycles. The van der Waals surface area contributed by atoms with Gasteiger partial charge in [-0.05, 0) is 30.9 Å². The molecule has 0 aliphatic rings. The Bertz CT molecular complexity index is 435. The van der Waals surface area contributed by atoms with Crippen LogP contribution in [0.15, 0.2) is 24.3 Å². The lowest BCUT2D eigenvalue weighted by atomic mass is 10.2. The zero-order valence-corrected chi connectivity index (χ0v) is 13.1. The van der Waals surface area contributed by atoms with Crippen LogP contribution >= 0.6 is 0 Å². The monoisotopic (exact) mass is 294 g/mol. The number of benzene rings is 1. The summed E-state index contributed by atoms with van der Waals surface area (Å²) in [5.41, 5.74) is 0.648. The molecular weight excluding hydrogens is 268 g/mol. The number of aliphatic hydroxyl groups excluding tert-OH is 1. The first kappa shape index (κ1) is 17.3. The van der Waals surface area contributed by atoms with Crippen LogP contribution < -0.4 is 15.4 Å². The zero-order valence-electron chi connectivity index (χ0n) is 13.1. The summed E-state index contributed by atoms with van der Waals surface area (Å²) in [6, 6.07) is 7.06. The van der Waals surface area contributed by atoms with Crippen LogP contribution in [0.2, 0.25) is 0 Å². The van der Waals surface area contributed by atoms with Gasteiger partial charge in [-0.1, -0.05) is 32.9 Å². The van der Waals surface area contributed by atoms with Crippen LogP contribution in [0.5, 0.6) is 5.75 Å². The number of aliphatic hydroxyl groups is 1. The third-order valence-electron chi connectivity index (χ3n) is 3.01. The smallest absolute Gasteiger partial charge is 0.319 e. The van der Waals surface area contributed by atoms with Gasteiger partial charge in [-0.15, -0.1) is 0 Å². The molecule has 0 saturated carbocycles. The van der Waals surface area contributed by atoms with Gasteiger partial charge in [0.1, 0.15) is 5.75 Å². The van der Waals surface area contributed by atoms with Gasteiger partial charge in [-0.2, -0.15) is 0 Å². The van der Waals surface area contributed by atoms with Crippen LogP contribution in [0, 0.1) is 5.92 Å². The van der Waals surface area contributed by atoms with Crippen molar-refractivity contribution < 1.29 is 14.6 Å². The summed E-state index contributed by atoms with van der Waals surface area (Å²) in [5, 5.41) is 14.6. The van der Waals surface area contributed by atoms with Crippen molar-refractivity contribution in [2.24, 2.45) is 5.92 Å². The number of hydrogen-bond acceptors (Lipinski definition) is 3. The zero-order chi connectivity index (χ0) is 15.7. The van der Waals surface area contributed by atoms with E-state index in [4.69, 9.17) is 9.84 Å². The number of anilines is 1. The molecule has 2 amide bonds. The molecule has 21 heavy (non-hydrogen) atoms. The number of carbonyl (C=O) groups is 1. The van der Waals surface area contributed by atoms with Crippen molar-refractivity contribution in [3.63, 3.8) is 0 Å². The Labute approximate surface area is 126 Å². The Kier molecular flexibility index (Phi) is 7.61. The van der Waals surface area contributed by atoms with Gasteiger partial charge in [0.2, 0.25) is 0 Å². The van der Waals surface area contributed by atoms with Crippen LogP contribution in [-0.4, -0.2) is 30.4 Å². The van der Waals surface area contributed by atoms with Crippen LogP contribution in [0.3, 0.4) is 0 Å². The van der Waals surface area contributed by atoms with Gasteiger partial charge < -0.3 is 20.5 Å². The lowest BCUT2D eigenvalue weighted by Gasteiger charge is -2.18. The van der Waals surface area contributed by atoms with Gasteiger partial charge in [-0.25, -0.2) is 4.79 Å². The number of nitrogens with one attached hydrogen (secondary N) is 2. The summed E-state index contributed by atoms with van der Waals surface area (Å²) in [6.45, 7) is 6.78. The molecule has 1 rings (SSSR count). The second-order valence-electron chi connectivity index (χ2n) is 5.42. The van der Waals surface area contributed by atoms with Crippen molar-refractivity contribution in [1.29, 1.82) is 0 Å². The molecule has 0 fully saturated rings. The molecule has 5 heteroatoms. The highest BCUT2D eigenvalue weighted by Gasteiger charge is 2.12. The fourth-order valence-electron chi connectivity index (χ4n) is 1.83. The fraction of sp³-hybridized carbons (Fsp3) is 0.562. The lowest BCUT2D eigenvalue weighted by Crippen LogP contribution is -2.38. The molecule has 3 N–H and O–H groups in total. The molecule has 0 heterocycles. The molecule has 1 atom stereocenters. The molecule has 0 aliphatic heterocycles. The van der Waals surface area contributed by atoms with Crippen LogP contribution in [0.25, 0.3) is 0 Å². The SMILES string of the molecule is CCC(CCO)NC(=O)Nc1ccccc1OCC(C)C. The Hall–Kier alpha value is -1.75. The Balaban J connectivity index is 2.62. The highest BCUT2D eigenvalue weighted by molar-refractivity contribution is 5.91. The average Bonchev–Trinajstić information content (AvgIpc) is 2.45. The molecule has 0 saturated heterocycles. The van der Waals surface area contributed by atoms with Gasteiger partial charge in [0.15, 0.2) is 0 Å². The number of hydrogen-bond donors (Lipinski definition) is 3. The average molecular weight is 294 g/mol. The topological polar surface area (TPSA) is 70.6 Å². The van der Waals surface area contributed by atoms with Gasteiger partial charge >= 0.3 is 6.03 Å². The lowest BCUT2D eigenvalue weighted by molar-refractivity contribution is 0.237. The van der Waals surface area contributed by atoms with Crippen molar-refractivity contribution in [3.05, 3.63) is 24.3 Å². The summed E-state index contributed by atoms with van der Waals surface area (Å²) in [7, 11) is 0. The second-order valence-corrected chi connectivity index (χ2v) is 5.42. The predicted molar refractivity (Wildman–Crippen MR) is 84.7 cm³/mol. The summed E-state index contributed by atoms with van der Waals surface area (Å²) < 4.78 is 5.70. The van der Waals surface area contributed by atoms with Crippen molar-refractivity contribution in [3.8, 4) is 5.75 Å². The molecule has 1 unspecified atom stereocenters. The molecule has 5 nitrogen and oxygen atoms in total. The predicted octanol–water partition coefficient (Wildman–Crippen LogP) is 3.00. The largest absolute Gasteiger partial charge is 0.491 e. The van der Waals surface area contributed by atoms with Crippen molar-refractivity contribution >= 4 is 11.7 Å². The first-order chi connectivity index (χ1) is 10.1. The summed E-state index contributed by atoms with van der Waals surface area (Å²) >= 11 is 0. The number of ether oxygens (including phenoxy) is 1. The first-order valence-electron chi connectivity index (χ1n) is 7.47. The van der Waals surface area contributed by atoms with Gasteiger partial charge in [0, 0.05) is 12.6 Å². The van der Waals surface area contributed by atoms with E-state index in [9.17, 15) is 4.79 Å². The van der Waals surface area contributed by atoms with Crippen LogP contribution in [-0.2, 0) is 0 Å². The van der Waals surface area contributed by atoms with E-state index in [0.29, 0.717) is 30.4 Å². The third kappa shape index (κ3) is 6.49. The molecular formula is C16H26N2O3. The van der Waals surface area contributed by atoms with E-state index in [-0.39, 0.29) is 18.7 Å². The molecule has 1 aromatic rings. The van der Waals surface area contributed by atoms with Crippen molar-refractivity contribution in [1.82, 2.24) is 5.32 Å². The van der Waals surface area contributed by atoms with E-state index >= 15 is 0 Å². The summed E-state index contributed by atoms with van der Waals surface area (Å²) in [5.74, 6) is 1.08. The van der Waals surface area contributed by atoms with Gasteiger partial charge in [0.05, 0.1) is 12.3 Å². The maximum absolute atomic E-state index is 12.0. The van der Waals surface area contributed by atoms with Crippen molar-refractivity contribution in [2.75, 3.05) is 18.5 Å². The Morgan fingerprint density at radius 3 is 2.67 bits per heavy atom. The standard InChI is InChI=1S/C16H26N2O3/c1-4-13(9-10-19)17-16(20)18-14-7-5-6-8-15(14)21-11-12(2)3/h5-8,12-13,19H,4,9-11H2,1-3H3,(H2,17,18,20). The second kappa shape index (κ2) is 9.23. The molecule has 0 aliphatic carbocycles. The Morgan fingerprint density at radius 1 is 1.33 bits per heavy atom. The molecule has 118 valence electrons. The minimum absolute atomic E-state index is 0.0289. The maximum atomic E-state index is 12.0. The first-order valence-corrected chi connectivity index (χ1v) is 7.47. The minimum Gasteiger partial charge on any atom is -0.491 e. The quantitative estimate of drug-likeness (QED) is 0.690. The third-order valence-corrected chi connectivity index (χ3v) is 3.01. The molecule has 1 aromatic carbocycles. The van der Waals surface area contributed by atoms with Crippen LogP contribution in [0.4, 0.5) is 10.5 Å². The number of urea groups is 1. The highest BCUT2D eigenvalue weighted by atomic mass is 16.5. The minimum atomic E-state index is -0.282. The number of rotatable bonds is 8. The number of amides is 2. The van der Waals surface area contributed by atoms with E-state index in [1.165, 1.54) is 0 Å². The number of para-hydroxylation sites is 2. The van der Waals surface area contributed by atoms with Gasteiger partial charge in [0.25, 0.3) is 0 Å².